The first-order chi connectivity index (χ1) is 15.2. The van der Waals surface area contributed by atoms with Crippen LogP contribution in [0.3, 0.4) is 0 Å². The third-order valence-corrected chi connectivity index (χ3v) is 6.42. The number of carbonyl (C=O) groups excluding carboxylic acids is 1. The molecule has 168 valence electrons. The maximum atomic E-state index is 12.8. The van der Waals surface area contributed by atoms with Gasteiger partial charge in [-0.05, 0) is 44.7 Å². The lowest BCUT2D eigenvalue weighted by atomic mass is 9.88. The monoisotopic (exact) mass is 424 g/mol. The number of carbonyl (C=O) groups is 1. The van der Waals surface area contributed by atoms with Crippen LogP contribution in [0, 0.1) is 5.92 Å². The van der Waals surface area contributed by atoms with Crippen molar-refractivity contribution in [2.75, 3.05) is 26.2 Å². The van der Waals surface area contributed by atoms with Crippen molar-refractivity contribution < 1.29 is 4.79 Å². The number of rotatable bonds is 7. The summed E-state index contributed by atoms with van der Waals surface area (Å²) >= 11 is 0. The second-order valence-electron chi connectivity index (χ2n) is 8.81. The average Bonchev–Trinajstić information content (AvgIpc) is 3.43. The van der Waals surface area contributed by atoms with Crippen molar-refractivity contribution in [3.63, 3.8) is 0 Å². The number of para-hydroxylation sites is 2. The van der Waals surface area contributed by atoms with Gasteiger partial charge in [0.2, 0.25) is 5.91 Å². The Labute approximate surface area is 185 Å². The summed E-state index contributed by atoms with van der Waals surface area (Å²) < 4.78 is 0. The van der Waals surface area contributed by atoms with Gasteiger partial charge in [0.1, 0.15) is 5.82 Å². The molecule has 7 nitrogen and oxygen atoms in total. The number of nitrogens with one attached hydrogen (secondary N) is 3. The number of fused-ring (bicyclic) bond motifs is 1. The van der Waals surface area contributed by atoms with Gasteiger partial charge in [-0.1, -0.05) is 31.4 Å². The van der Waals surface area contributed by atoms with E-state index < -0.39 is 0 Å². The fraction of sp³-hybridized carbons (Fsp3) is 0.625. The zero-order valence-electron chi connectivity index (χ0n) is 18.7. The molecule has 0 spiro atoms. The highest BCUT2D eigenvalue weighted by atomic mass is 16.2. The quantitative estimate of drug-likeness (QED) is 0.362. The van der Waals surface area contributed by atoms with Crippen LogP contribution in [0.5, 0.6) is 0 Å². The Bertz CT molecular complexity index is 852. The molecule has 4 rings (SSSR count). The SMILES string of the molecule is CCNC(=NCCCc1nc2ccccc2[nH]1)NC1CCN(C(=O)C2CCCCC2)C1. The molecule has 1 aliphatic carbocycles. The van der Waals surface area contributed by atoms with E-state index in [0.717, 1.165) is 81.1 Å². The van der Waals surface area contributed by atoms with Gasteiger partial charge in [0.25, 0.3) is 0 Å². The highest BCUT2D eigenvalue weighted by molar-refractivity contribution is 5.81. The summed E-state index contributed by atoms with van der Waals surface area (Å²) in [6, 6.07) is 8.40. The molecule has 2 heterocycles. The van der Waals surface area contributed by atoms with E-state index in [1.807, 2.05) is 18.2 Å². The molecule has 1 saturated heterocycles. The predicted octanol–water partition coefficient (Wildman–Crippen LogP) is 3.23. The van der Waals surface area contributed by atoms with Crippen LogP contribution in [0.15, 0.2) is 29.3 Å². The summed E-state index contributed by atoms with van der Waals surface area (Å²) in [6.07, 6.45) is 8.65. The minimum atomic E-state index is 0.257. The molecule has 31 heavy (non-hydrogen) atoms. The maximum absolute atomic E-state index is 12.8. The molecule has 2 aromatic rings. The number of nitrogens with zero attached hydrogens (tertiary/aromatic N) is 3. The zero-order chi connectivity index (χ0) is 21.5. The van der Waals surface area contributed by atoms with E-state index >= 15 is 0 Å². The maximum Gasteiger partial charge on any atom is 0.225 e. The van der Waals surface area contributed by atoms with E-state index in [-0.39, 0.29) is 12.0 Å². The van der Waals surface area contributed by atoms with Crippen molar-refractivity contribution in [1.29, 1.82) is 0 Å². The van der Waals surface area contributed by atoms with E-state index in [9.17, 15) is 4.79 Å². The number of amides is 1. The Balaban J connectivity index is 1.24. The van der Waals surface area contributed by atoms with Crippen molar-refractivity contribution >= 4 is 22.9 Å². The lowest BCUT2D eigenvalue weighted by Gasteiger charge is -2.26. The van der Waals surface area contributed by atoms with Gasteiger partial charge in [-0.3, -0.25) is 9.79 Å². The van der Waals surface area contributed by atoms with E-state index in [1.54, 1.807) is 0 Å². The van der Waals surface area contributed by atoms with Crippen LogP contribution in [-0.4, -0.2) is 59.0 Å². The molecule has 1 aliphatic heterocycles. The molecule has 1 aromatic carbocycles. The van der Waals surface area contributed by atoms with Gasteiger partial charge in [-0.25, -0.2) is 4.98 Å². The van der Waals surface area contributed by atoms with Crippen LogP contribution in [-0.2, 0) is 11.2 Å². The van der Waals surface area contributed by atoms with Crippen LogP contribution < -0.4 is 10.6 Å². The van der Waals surface area contributed by atoms with Crippen molar-refractivity contribution in [3.05, 3.63) is 30.1 Å². The zero-order valence-corrected chi connectivity index (χ0v) is 18.7. The largest absolute Gasteiger partial charge is 0.357 e. The lowest BCUT2D eigenvalue weighted by molar-refractivity contribution is -0.135. The molecule has 1 unspecified atom stereocenters. The van der Waals surface area contributed by atoms with Gasteiger partial charge in [0.05, 0.1) is 11.0 Å². The smallest absolute Gasteiger partial charge is 0.225 e. The van der Waals surface area contributed by atoms with Crippen LogP contribution in [0.25, 0.3) is 11.0 Å². The first kappa shape index (κ1) is 21.7. The van der Waals surface area contributed by atoms with E-state index in [2.05, 4.69) is 38.5 Å². The molecular weight excluding hydrogens is 388 g/mol. The number of aromatic nitrogens is 2. The number of aromatic amines is 1. The summed E-state index contributed by atoms with van der Waals surface area (Å²) in [5, 5.41) is 6.90. The van der Waals surface area contributed by atoms with Crippen LogP contribution >= 0.6 is 0 Å². The normalized spacial score (nSPS) is 20.4. The molecule has 7 heteroatoms. The molecule has 2 fully saturated rings. The number of benzene rings is 1. The molecule has 2 aliphatic rings. The minimum absolute atomic E-state index is 0.257. The minimum Gasteiger partial charge on any atom is -0.357 e. The number of H-pyrrole nitrogens is 1. The molecular formula is C24H36N6O. The van der Waals surface area contributed by atoms with E-state index in [0.29, 0.717) is 5.91 Å². The lowest BCUT2D eigenvalue weighted by Crippen LogP contribution is -2.45. The Hall–Kier alpha value is -2.57. The number of guanidine groups is 1. The number of aryl methyl sites for hydroxylation is 1. The van der Waals surface area contributed by atoms with Crippen molar-refractivity contribution in [3.8, 4) is 0 Å². The molecule has 3 N–H and O–H groups in total. The summed E-state index contributed by atoms with van der Waals surface area (Å²) in [5.74, 6) is 2.50. The van der Waals surface area contributed by atoms with Gasteiger partial charge in [-0.2, -0.15) is 0 Å². The second-order valence-corrected chi connectivity index (χ2v) is 8.81. The Kier molecular flexibility index (Phi) is 7.43. The van der Waals surface area contributed by atoms with E-state index in [1.165, 1.54) is 19.3 Å². The number of imidazole rings is 1. The Morgan fingerprint density at radius 2 is 2.06 bits per heavy atom. The van der Waals surface area contributed by atoms with Crippen molar-refractivity contribution in [2.24, 2.45) is 10.9 Å². The summed E-state index contributed by atoms with van der Waals surface area (Å²) in [6.45, 7) is 5.30. The molecule has 1 saturated carbocycles. The van der Waals surface area contributed by atoms with Crippen LogP contribution in [0.1, 0.15) is 57.7 Å². The molecule has 0 radical (unpaired) electrons. The van der Waals surface area contributed by atoms with Gasteiger partial charge < -0.3 is 20.5 Å². The van der Waals surface area contributed by atoms with Crippen molar-refractivity contribution in [1.82, 2.24) is 25.5 Å². The Morgan fingerprint density at radius 3 is 2.87 bits per heavy atom. The first-order valence-corrected chi connectivity index (χ1v) is 12.0. The summed E-state index contributed by atoms with van der Waals surface area (Å²) in [7, 11) is 0. The molecule has 1 amide bonds. The third kappa shape index (κ3) is 5.77. The highest BCUT2D eigenvalue weighted by Crippen LogP contribution is 2.26. The van der Waals surface area contributed by atoms with E-state index in [4.69, 9.17) is 4.99 Å². The van der Waals surface area contributed by atoms with Gasteiger partial charge >= 0.3 is 0 Å². The van der Waals surface area contributed by atoms with Crippen molar-refractivity contribution in [2.45, 2.75) is 64.3 Å². The summed E-state index contributed by atoms with van der Waals surface area (Å²) in [4.78, 5) is 27.7. The number of hydrogen-bond donors (Lipinski definition) is 3. The molecule has 1 atom stereocenters. The summed E-state index contributed by atoms with van der Waals surface area (Å²) in [5.41, 5.74) is 2.11. The third-order valence-electron chi connectivity index (χ3n) is 6.42. The van der Waals surface area contributed by atoms with Gasteiger partial charge in [0, 0.05) is 44.6 Å². The first-order valence-electron chi connectivity index (χ1n) is 12.0. The average molecular weight is 425 g/mol. The number of hydrogen-bond acceptors (Lipinski definition) is 3. The standard InChI is InChI=1S/C24H36N6O/c1-2-25-24(26-15-8-13-22-28-20-11-6-7-12-21(20)29-22)27-19-14-16-30(17-19)23(31)18-9-4-3-5-10-18/h6-7,11-12,18-19H,2-5,8-10,13-17H2,1H3,(H,28,29)(H2,25,26,27). The Morgan fingerprint density at radius 1 is 1.23 bits per heavy atom. The van der Waals surface area contributed by atoms with Gasteiger partial charge in [0.15, 0.2) is 5.96 Å². The van der Waals surface area contributed by atoms with Crippen LogP contribution in [0.2, 0.25) is 0 Å². The fourth-order valence-corrected chi connectivity index (χ4v) is 4.76. The molecule has 0 bridgehead atoms. The van der Waals surface area contributed by atoms with Gasteiger partial charge in [-0.15, -0.1) is 0 Å². The molecule has 1 aromatic heterocycles. The highest BCUT2D eigenvalue weighted by Gasteiger charge is 2.31. The fourth-order valence-electron chi connectivity index (χ4n) is 4.76. The topological polar surface area (TPSA) is 85.4 Å². The number of aliphatic imine (C=N–C) groups is 1. The predicted molar refractivity (Wildman–Crippen MR) is 125 cm³/mol. The number of likely N-dealkylation sites (tertiary alicyclic amines) is 1. The van der Waals surface area contributed by atoms with Crippen LogP contribution in [0.4, 0.5) is 0 Å². The second kappa shape index (κ2) is 10.6.